The average molecular weight is 343 g/mol. The molecule has 1 aliphatic heterocycles. The Bertz CT molecular complexity index is 511. The van der Waals surface area contributed by atoms with Crippen LogP contribution < -0.4 is 15.4 Å². The summed E-state index contributed by atoms with van der Waals surface area (Å²) in [6.45, 7) is 5.21. The minimum Gasteiger partial charge on any atom is -0.496 e. The van der Waals surface area contributed by atoms with Crippen LogP contribution in [-0.2, 0) is 4.74 Å². The Kier molecular flexibility index (Phi) is 7.82. The number of rotatable bonds is 6. The first-order valence-corrected chi connectivity index (χ1v) is 7.73. The second-order valence-electron chi connectivity index (χ2n) is 6.05. The molecule has 2 rings (SSSR count). The molecule has 130 valence electrons. The van der Waals surface area contributed by atoms with Crippen molar-refractivity contribution in [2.45, 2.75) is 19.8 Å². The van der Waals surface area contributed by atoms with Crippen molar-refractivity contribution in [3.05, 3.63) is 29.3 Å². The maximum Gasteiger partial charge on any atom is 0.251 e. The molecular formula is C17H27ClN2O3. The van der Waals surface area contributed by atoms with Crippen molar-refractivity contribution >= 4 is 18.3 Å². The van der Waals surface area contributed by atoms with Crippen molar-refractivity contribution in [2.75, 3.05) is 40.5 Å². The Balaban J connectivity index is 0.00000264. The number of methoxy groups -OCH3 is 2. The van der Waals surface area contributed by atoms with E-state index in [0.29, 0.717) is 18.7 Å². The van der Waals surface area contributed by atoms with Crippen molar-refractivity contribution in [2.24, 2.45) is 5.41 Å². The SMILES string of the molecule is COCC1(CNC(=O)c2ccc(C)c(OC)c2)CCNCC1.Cl. The van der Waals surface area contributed by atoms with Gasteiger partial charge < -0.3 is 20.1 Å². The van der Waals surface area contributed by atoms with Gasteiger partial charge >= 0.3 is 0 Å². The fraction of sp³-hybridized carbons (Fsp3) is 0.588. The number of hydrogen-bond acceptors (Lipinski definition) is 4. The van der Waals surface area contributed by atoms with Gasteiger partial charge in [-0.15, -0.1) is 12.4 Å². The van der Waals surface area contributed by atoms with Crippen LogP contribution in [0, 0.1) is 12.3 Å². The van der Waals surface area contributed by atoms with Crippen molar-refractivity contribution in [3.63, 3.8) is 0 Å². The summed E-state index contributed by atoms with van der Waals surface area (Å²) >= 11 is 0. The predicted molar refractivity (Wildman–Crippen MR) is 93.7 cm³/mol. The van der Waals surface area contributed by atoms with E-state index in [1.54, 1.807) is 20.3 Å². The third-order valence-corrected chi connectivity index (χ3v) is 4.41. The number of carbonyl (C=O) groups is 1. The summed E-state index contributed by atoms with van der Waals surface area (Å²) < 4.78 is 10.7. The Labute approximate surface area is 144 Å². The molecule has 6 heteroatoms. The number of nitrogens with one attached hydrogen (secondary N) is 2. The van der Waals surface area contributed by atoms with Gasteiger partial charge in [0.1, 0.15) is 5.75 Å². The monoisotopic (exact) mass is 342 g/mol. The third kappa shape index (κ3) is 5.09. The highest BCUT2D eigenvalue weighted by Gasteiger charge is 2.32. The highest BCUT2D eigenvalue weighted by molar-refractivity contribution is 5.94. The van der Waals surface area contributed by atoms with Crippen LogP contribution >= 0.6 is 12.4 Å². The highest BCUT2D eigenvalue weighted by Crippen LogP contribution is 2.28. The number of ether oxygens (including phenoxy) is 2. The van der Waals surface area contributed by atoms with E-state index in [2.05, 4.69) is 10.6 Å². The lowest BCUT2D eigenvalue weighted by Gasteiger charge is -2.37. The Morgan fingerprint density at radius 2 is 2.00 bits per heavy atom. The molecule has 0 aromatic heterocycles. The summed E-state index contributed by atoms with van der Waals surface area (Å²) in [6.07, 6.45) is 2.02. The van der Waals surface area contributed by atoms with E-state index in [-0.39, 0.29) is 23.7 Å². The van der Waals surface area contributed by atoms with Crippen molar-refractivity contribution in [1.29, 1.82) is 0 Å². The minimum atomic E-state index is -0.0627. The highest BCUT2D eigenvalue weighted by atomic mass is 35.5. The van der Waals surface area contributed by atoms with Gasteiger partial charge in [-0.1, -0.05) is 6.07 Å². The largest absolute Gasteiger partial charge is 0.496 e. The van der Waals surface area contributed by atoms with E-state index in [0.717, 1.165) is 37.2 Å². The number of piperidine rings is 1. The first-order valence-electron chi connectivity index (χ1n) is 7.73. The van der Waals surface area contributed by atoms with Crippen LogP contribution in [0.1, 0.15) is 28.8 Å². The molecule has 0 bridgehead atoms. The van der Waals surface area contributed by atoms with Crippen LogP contribution in [0.3, 0.4) is 0 Å². The quantitative estimate of drug-likeness (QED) is 0.832. The van der Waals surface area contributed by atoms with Gasteiger partial charge in [0, 0.05) is 24.6 Å². The fourth-order valence-corrected chi connectivity index (χ4v) is 2.97. The van der Waals surface area contributed by atoms with Crippen LogP contribution in [0.4, 0.5) is 0 Å². The zero-order valence-corrected chi connectivity index (χ0v) is 14.9. The molecule has 1 fully saturated rings. The summed E-state index contributed by atoms with van der Waals surface area (Å²) in [7, 11) is 3.34. The molecule has 0 saturated carbocycles. The number of amides is 1. The van der Waals surface area contributed by atoms with E-state index in [1.807, 2.05) is 19.1 Å². The number of halogens is 1. The van der Waals surface area contributed by atoms with Crippen LogP contribution in [0.15, 0.2) is 18.2 Å². The molecule has 0 radical (unpaired) electrons. The molecule has 2 N–H and O–H groups in total. The molecule has 0 atom stereocenters. The molecule has 0 aliphatic carbocycles. The number of hydrogen-bond donors (Lipinski definition) is 2. The molecule has 1 aromatic rings. The van der Waals surface area contributed by atoms with E-state index < -0.39 is 0 Å². The molecule has 1 aromatic carbocycles. The summed E-state index contributed by atoms with van der Waals surface area (Å²) in [5, 5.41) is 6.42. The second-order valence-corrected chi connectivity index (χ2v) is 6.05. The Morgan fingerprint density at radius 1 is 1.30 bits per heavy atom. The van der Waals surface area contributed by atoms with E-state index in [1.165, 1.54) is 0 Å². The Morgan fingerprint density at radius 3 is 2.61 bits per heavy atom. The smallest absolute Gasteiger partial charge is 0.251 e. The van der Waals surface area contributed by atoms with Crippen LogP contribution in [0.5, 0.6) is 5.75 Å². The molecule has 1 amide bonds. The molecule has 0 spiro atoms. The van der Waals surface area contributed by atoms with Gasteiger partial charge in [0.25, 0.3) is 5.91 Å². The maximum atomic E-state index is 12.4. The van der Waals surface area contributed by atoms with Crippen LogP contribution in [-0.4, -0.2) is 46.4 Å². The average Bonchev–Trinajstić information content (AvgIpc) is 2.54. The predicted octanol–water partition coefficient (Wildman–Crippen LogP) is 2.17. The van der Waals surface area contributed by atoms with Gasteiger partial charge in [-0.25, -0.2) is 0 Å². The summed E-state index contributed by atoms with van der Waals surface area (Å²) in [5.74, 6) is 0.674. The summed E-state index contributed by atoms with van der Waals surface area (Å²) in [5.41, 5.74) is 1.68. The first kappa shape index (κ1) is 19.7. The number of benzene rings is 1. The Hall–Kier alpha value is -1.30. The number of aryl methyl sites for hydroxylation is 1. The molecule has 23 heavy (non-hydrogen) atoms. The lowest BCUT2D eigenvalue weighted by molar-refractivity contribution is 0.0511. The summed E-state index contributed by atoms with van der Waals surface area (Å²) in [4.78, 5) is 12.4. The normalized spacial score (nSPS) is 16.3. The second kappa shape index (κ2) is 9.11. The fourth-order valence-electron chi connectivity index (χ4n) is 2.97. The number of carbonyl (C=O) groups excluding carboxylic acids is 1. The standard InChI is InChI=1S/C17H26N2O3.ClH/c1-13-4-5-14(10-15(13)22-3)16(20)19-11-17(12-21-2)6-8-18-9-7-17;/h4-5,10,18H,6-9,11-12H2,1-3H3,(H,19,20);1H. The third-order valence-electron chi connectivity index (χ3n) is 4.41. The van der Waals surface area contributed by atoms with Crippen LogP contribution in [0.2, 0.25) is 0 Å². The molecule has 1 heterocycles. The van der Waals surface area contributed by atoms with E-state index in [9.17, 15) is 4.79 Å². The van der Waals surface area contributed by atoms with Gasteiger partial charge in [-0.2, -0.15) is 0 Å². The molecular weight excluding hydrogens is 316 g/mol. The minimum absolute atomic E-state index is 0. The topological polar surface area (TPSA) is 59.6 Å². The van der Waals surface area contributed by atoms with Gasteiger partial charge in [0.15, 0.2) is 0 Å². The van der Waals surface area contributed by atoms with Gasteiger partial charge in [-0.3, -0.25) is 4.79 Å². The van der Waals surface area contributed by atoms with Crippen molar-refractivity contribution in [1.82, 2.24) is 10.6 Å². The summed E-state index contributed by atoms with van der Waals surface area (Å²) in [6, 6.07) is 5.53. The lowest BCUT2D eigenvalue weighted by atomic mass is 9.79. The van der Waals surface area contributed by atoms with Crippen LogP contribution in [0.25, 0.3) is 0 Å². The molecule has 1 aliphatic rings. The van der Waals surface area contributed by atoms with E-state index in [4.69, 9.17) is 9.47 Å². The van der Waals surface area contributed by atoms with Crippen molar-refractivity contribution in [3.8, 4) is 5.75 Å². The molecule has 0 unspecified atom stereocenters. The lowest BCUT2D eigenvalue weighted by Crippen LogP contribution is -2.47. The van der Waals surface area contributed by atoms with E-state index >= 15 is 0 Å². The van der Waals surface area contributed by atoms with Gasteiger partial charge in [0.05, 0.1) is 13.7 Å². The zero-order chi connectivity index (χ0) is 16.0. The first-order chi connectivity index (χ1) is 10.6. The van der Waals surface area contributed by atoms with Gasteiger partial charge in [-0.05, 0) is 50.6 Å². The van der Waals surface area contributed by atoms with Gasteiger partial charge in [0.2, 0.25) is 0 Å². The zero-order valence-electron chi connectivity index (χ0n) is 14.1. The molecule has 1 saturated heterocycles. The van der Waals surface area contributed by atoms with Crippen molar-refractivity contribution < 1.29 is 14.3 Å². The maximum absolute atomic E-state index is 12.4. The molecule has 5 nitrogen and oxygen atoms in total.